The molecule has 1 heterocycles. The Kier molecular flexibility index (Phi) is 4.00. The third-order valence-electron chi connectivity index (χ3n) is 4.14. The van der Waals surface area contributed by atoms with Crippen molar-refractivity contribution in [1.82, 2.24) is 0 Å². The minimum atomic E-state index is -0.132. The van der Waals surface area contributed by atoms with Crippen molar-refractivity contribution < 1.29 is 4.79 Å². The number of nitrogens with one attached hydrogen (secondary N) is 1. The Hall–Kier alpha value is -2.12. The van der Waals surface area contributed by atoms with E-state index in [-0.39, 0.29) is 5.91 Å². The molecule has 1 aromatic heterocycles. The van der Waals surface area contributed by atoms with Crippen LogP contribution in [0.2, 0.25) is 0 Å². The first-order valence-corrected chi connectivity index (χ1v) is 8.35. The largest absolute Gasteiger partial charge is 0.312 e. The highest BCUT2D eigenvalue weighted by Gasteiger charge is 2.22. The summed E-state index contributed by atoms with van der Waals surface area (Å²) < 4.78 is 0. The maximum absolute atomic E-state index is 12.5. The number of carbonyl (C=O) groups excluding carboxylic acids is 1. The summed E-state index contributed by atoms with van der Waals surface area (Å²) in [6, 6.07) is 8.06. The first kappa shape index (κ1) is 14.8. The number of aryl methyl sites for hydroxylation is 3. The van der Waals surface area contributed by atoms with Gasteiger partial charge in [-0.05, 0) is 56.7 Å². The summed E-state index contributed by atoms with van der Waals surface area (Å²) >= 11 is 1.56. The summed E-state index contributed by atoms with van der Waals surface area (Å²) in [6.45, 7) is 3.95. The lowest BCUT2D eigenvalue weighted by molar-refractivity contribution is 0.102. The lowest BCUT2D eigenvalue weighted by atomic mass is 9.96. The highest BCUT2D eigenvalue weighted by atomic mass is 32.1. The molecule has 1 aromatic carbocycles. The first-order valence-electron chi connectivity index (χ1n) is 7.53. The van der Waals surface area contributed by atoms with Gasteiger partial charge in [-0.3, -0.25) is 4.79 Å². The van der Waals surface area contributed by atoms with Crippen LogP contribution in [0.4, 0.5) is 5.00 Å². The van der Waals surface area contributed by atoms with Crippen LogP contribution in [-0.2, 0) is 12.8 Å². The normalized spacial score (nSPS) is 13.3. The van der Waals surface area contributed by atoms with E-state index in [2.05, 4.69) is 11.4 Å². The Labute approximate surface area is 134 Å². The molecule has 0 radical (unpaired) electrons. The molecule has 0 fully saturated rings. The van der Waals surface area contributed by atoms with Crippen LogP contribution in [0, 0.1) is 25.2 Å². The van der Waals surface area contributed by atoms with E-state index >= 15 is 0 Å². The van der Waals surface area contributed by atoms with Crippen molar-refractivity contribution >= 4 is 22.2 Å². The van der Waals surface area contributed by atoms with Crippen molar-refractivity contribution in [3.8, 4) is 6.07 Å². The summed E-state index contributed by atoms with van der Waals surface area (Å²) in [7, 11) is 0. The Morgan fingerprint density at radius 1 is 1.27 bits per heavy atom. The smallest absolute Gasteiger partial charge is 0.256 e. The topological polar surface area (TPSA) is 52.9 Å². The van der Waals surface area contributed by atoms with Crippen LogP contribution in [-0.4, -0.2) is 5.91 Å². The van der Waals surface area contributed by atoms with E-state index in [4.69, 9.17) is 0 Å². The molecule has 2 aromatic rings. The molecule has 3 rings (SSSR count). The fourth-order valence-corrected chi connectivity index (χ4v) is 4.25. The predicted molar refractivity (Wildman–Crippen MR) is 89.5 cm³/mol. The Bertz CT molecular complexity index is 783. The number of thiophene rings is 1. The maximum atomic E-state index is 12.5. The van der Waals surface area contributed by atoms with Gasteiger partial charge in [-0.25, -0.2) is 0 Å². The highest BCUT2D eigenvalue weighted by molar-refractivity contribution is 7.16. The van der Waals surface area contributed by atoms with E-state index < -0.39 is 0 Å². The van der Waals surface area contributed by atoms with E-state index in [1.165, 1.54) is 11.3 Å². The highest BCUT2D eigenvalue weighted by Crippen LogP contribution is 2.37. The van der Waals surface area contributed by atoms with Gasteiger partial charge in [0.1, 0.15) is 11.1 Å². The number of hydrogen-bond acceptors (Lipinski definition) is 3. The average molecular weight is 310 g/mol. The standard InChI is InChI=1S/C18H18N2OS/c1-11-7-8-13(12(2)9-11)17(21)20-18-15(10-19)14-5-3-4-6-16(14)22-18/h7-9H,3-6H2,1-2H3,(H,20,21). The zero-order valence-corrected chi connectivity index (χ0v) is 13.6. The predicted octanol–water partition coefficient (Wildman–Crippen LogP) is 4.37. The van der Waals surface area contributed by atoms with Crippen LogP contribution >= 0.6 is 11.3 Å². The van der Waals surface area contributed by atoms with Crippen LogP contribution in [0.15, 0.2) is 18.2 Å². The van der Waals surface area contributed by atoms with E-state index in [1.807, 2.05) is 32.0 Å². The molecule has 1 aliphatic carbocycles. The van der Waals surface area contributed by atoms with Gasteiger partial charge in [0.15, 0.2) is 0 Å². The third kappa shape index (κ3) is 2.65. The fraction of sp³-hybridized carbons (Fsp3) is 0.333. The number of hydrogen-bond donors (Lipinski definition) is 1. The molecule has 0 bridgehead atoms. The number of nitriles is 1. The summed E-state index contributed by atoms with van der Waals surface area (Å²) in [4.78, 5) is 13.8. The molecule has 0 spiro atoms. The van der Waals surface area contributed by atoms with Crippen LogP contribution < -0.4 is 5.32 Å². The van der Waals surface area contributed by atoms with Gasteiger partial charge < -0.3 is 5.32 Å². The second-order valence-corrected chi connectivity index (χ2v) is 6.90. The lowest BCUT2D eigenvalue weighted by Gasteiger charge is -2.09. The second-order valence-electron chi connectivity index (χ2n) is 5.80. The molecule has 112 valence electrons. The quantitative estimate of drug-likeness (QED) is 0.895. The SMILES string of the molecule is Cc1ccc(C(=O)Nc2sc3c(c2C#N)CCCC3)c(C)c1. The van der Waals surface area contributed by atoms with Crippen LogP contribution in [0.1, 0.15) is 50.3 Å². The summed E-state index contributed by atoms with van der Waals surface area (Å²) in [6.07, 6.45) is 4.27. The van der Waals surface area contributed by atoms with Crippen molar-refractivity contribution in [3.63, 3.8) is 0 Å². The van der Waals surface area contributed by atoms with Crippen LogP contribution in [0.25, 0.3) is 0 Å². The molecule has 1 amide bonds. The number of rotatable bonds is 2. The zero-order chi connectivity index (χ0) is 15.7. The monoisotopic (exact) mass is 310 g/mol. The van der Waals surface area contributed by atoms with Crippen molar-refractivity contribution in [2.24, 2.45) is 0 Å². The Morgan fingerprint density at radius 3 is 2.77 bits per heavy atom. The molecule has 1 N–H and O–H groups in total. The summed E-state index contributed by atoms with van der Waals surface area (Å²) in [5.74, 6) is -0.132. The molecule has 4 heteroatoms. The number of anilines is 1. The zero-order valence-electron chi connectivity index (χ0n) is 12.8. The van der Waals surface area contributed by atoms with E-state index in [0.717, 1.165) is 36.0 Å². The number of benzene rings is 1. The van der Waals surface area contributed by atoms with Gasteiger partial charge in [0.05, 0.1) is 5.56 Å². The van der Waals surface area contributed by atoms with Crippen LogP contribution in [0.5, 0.6) is 0 Å². The molecular formula is C18H18N2OS. The molecule has 0 atom stereocenters. The fourth-order valence-electron chi connectivity index (χ4n) is 3.01. The Morgan fingerprint density at radius 2 is 2.05 bits per heavy atom. The molecule has 0 saturated carbocycles. The lowest BCUT2D eigenvalue weighted by Crippen LogP contribution is -2.13. The molecule has 0 unspecified atom stereocenters. The van der Waals surface area contributed by atoms with Crippen molar-refractivity contribution in [2.45, 2.75) is 39.5 Å². The molecule has 0 aliphatic heterocycles. The third-order valence-corrected chi connectivity index (χ3v) is 5.34. The molecular weight excluding hydrogens is 292 g/mol. The van der Waals surface area contributed by atoms with E-state index in [9.17, 15) is 10.1 Å². The molecule has 1 aliphatic rings. The number of nitrogens with zero attached hydrogens (tertiary/aromatic N) is 1. The number of amides is 1. The summed E-state index contributed by atoms with van der Waals surface area (Å²) in [5.41, 5.74) is 4.57. The van der Waals surface area contributed by atoms with Crippen LogP contribution in [0.3, 0.4) is 0 Å². The second kappa shape index (κ2) is 5.94. The van der Waals surface area contributed by atoms with Crippen molar-refractivity contribution in [3.05, 3.63) is 50.9 Å². The molecule has 0 saturated heterocycles. The van der Waals surface area contributed by atoms with E-state index in [1.54, 1.807) is 11.3 Å². The van der Waals surface area contributed by atoms with Crippen molar-refractivity contribution in [2.75, 3.05) is 5.32 Å². The van der Waals surface area contributed by atoms with E-state index in [0.29, 0.717) is 16.1 Å². The van der Waals surface area contributed by atoms with Gasteiger partial charge in [0.25, 0.3) is 5.91 Å². The van der Waals surface area contributed by atoms with Crippen molar-refractivity contribution in [1.29, 1.82) is 5.26 Å². The number of carbonyl (C=O) groups is 1. The maximum Gasteiger partial charge on any atom is 0.256 e. The molecule has 3 nitrogen and oxygen atoms in total. The Balaban J connectivity index is 1.91. The van der Waals surface area contributed by atoms with Gasteiger partial charge in [0, 0.05) is 10.4 Å². The van der Waals surface area contributed by atoms with Gasteiger partial charge in [0.2, 0.25) is 0 Å². The summed E-state index contributed by atoms with van der Waals surface area (Å²) in [5, 5.41) is 13.1. The first-order chi connectivity index (χ1) is 10.6. The van der Waals surface area contributed by atoms with Gasteiger partial charge in [-0.15, -0.1) is 11.3 Å². The molecule has 22 heavy (non-hydrogen) atoms. The average Bonchev–Trinajstić information content (AvgIpc) is 2.83. The minimum absolute atomic E-state index is 0.132. The number of fused-ring (bicyclic) bond motifs is 1. The van der Waals surface area contributed by atoms with Gasteiger partial charge in [-0.2, -0.15) is 5.26 Å². The van der Waals surface area contributed by atoms with Gasteiger partial charge in [-0.1, -0.05) is 17.7 Å². The minimum Gasteiger partial charge on any atom is -0.312 e. The van der Waals surface area contributed by atoms with Gasteiger partial charge >= 0.3 is 0 Å².